The van der Waals surface area contributed by atoms with Crippen LogP contribution in [0.15, 0.2) is 24.3 Å². The van der Waals surface area contributed by atoms with Gasteiger partial charge in [0.1, 0.15) is 0 Å². The molecule has 0 saturated heterocycles. The second-order valence-corrected chi connectivity index (χ2v) is 5.47. The molecular weight excluding hydrogens is 260 g/mol. The predicted molar refractivity (Wildman–Crippen MR) is 76.7 cm³/mol. The van der Waals surface area contributed by atoms with Gasteiger partial charge in [0.15, 0.2) is 0 Å². The van der Waals surface area contributed by atoms with Gasteiger partial charge in [0, 0.05) is 5.56 Å². The third-order valence-corrected chi connectivity index (χ3v) is 3.52. The van der Waals surface area contributed by atoms with Gasteiger partial charge in [-0.1, -0.05) is 44.3 Å². The van der Waals surface area contributed by atoms with Crippen molar-refractivity contribution >= 4 is 29.0 Å². The lowest BCUT2D eigenvalue weighted by Gasteiger charge is -2.35. The number of nitrogens with zero attached hydrogens (tertiary/aromatic N) is 1. The van der Waals surface area contributed by atoms with Crippen LogP contribution in [0.4, 0.5) is 0 Å². The molecule has 2 rings (SSSR count). The number of benzene rings is 1. The Morgan fingerprint density at radius 2 is 1.95 bits per heavy atom. The minimum atomic E-state index is -0.525. The normalized spacial score (nSPS) is 16.5. The zero-order chi connectivity index (χ0) is 14.2. The lowest BCUT2D eigenvalue weighted by molar-refractivity contribution is -0.129. The fourth-order valence-corrected chi connectivity index (χ4v) is 2.79. The van der Waals surface area contributed by atoms with Crippen LogP contribution < -0.4 is 5.73 Å². The van der Waals surface area contributed by atoms with E-state index in [2.05, 4.69) is 0 Å². The van der Waals surface area contributed by atoms with E-state index in [0.29, 0.717) is 5.56 Å². The van der Waals surface area contributed by atoms with Crippen molar-refractivity contribution in [3.8, 4) is 0 Å². The predicted octanol–water partition coefficient (Wildman–Crippen LogP) is 1.52. The zero-order valence-corrected chi connectivity index (χ0v) is 11.7. The minimum Gasteiger partial charge on any atom is -0.392 e. The van der Waals surface area contributed by atoms with Crippen LogP contribution in [0.2, 0.25) is 0 Å². The van der Waals surface area contributed by atoms with Gasteiger partial charge >= 0.3 is 0 Å². The summed E-state index contributed by atoms with van der Waals surface area (Å²) in [5.74, 6) is -0.552. The molecule has 0 aliphatic carbocycles. The monoisotopic (exact) mass is 276 g/mol. The number of rotatable bonds is 3. The summed E-state index contributed by atoms with van der Waals surface area (Å²) in [4.78, 5) is 26.1. The number of fused-ring (bicyclic) bond motifs is 1. The first-order valence-corrected chi connectivity index (χ1v) is 6.58. The number of hydrogen-bond donors (Lipinski definition) is 1. The molecule has 1 aliphatic rings. The van der Waals surface area contributed by atoms with Crippen LogP contribution in [-0.4, -0.2) is 27.7 Å². The molecule has 0 saturated carbocycles. The van der Waals surface area contributed by atoms with Crippen LogP contribution >= 0.6 is 12.2 Å². The third-order valence-electron chi connectivity index (χ3n) is 3.28. The summed E-state index contributed by atoms with van der Waals surface area (Å²) < 4.78 is 0. The van der Waals surface area contributed by atoms with E-state index in [1.807, 2.05) is 19.9 Å². The van der Waals surface area contributed by atoms with Gasteiger partial charge in [-0.15, -0.1) is 0 Å². The number of nitrogens with two attached hydrogens (primary N) is 1. The first kappa shape index (κ1) is 13.7. The molecule has 19 heavy (non-hydrogen) atoms. The summed E-state index contributed by atoms with van der Waals surface area (Å²) in [6.07, 6.45) is 0.216. The summed E-state index contributed by atoms with van der Waals surface area (Å²) in [6.45, 7) is 3.79. The second-order valence-electron chi connectivity index (χ2n) is 4.99. The van der Waals surface area contributed by atoms with Crippen LogP contribution in [-0.2, 0) is 11.2 Å². The summed E-state index contributed by atoms with van der Waals surface area (Å²) in [5, 5.41) is 0. The number of hydrogen-bond acceptors (Lipinski definition) is 3. The molecule has 0 spiro atoms. The number of thiocarbonyl (C=S) groups is 1. The van der Waals surface area contributed by atoms with Gasteiger partial charge in [0.05, 0.1) is 17.5 Å². The average Bonchev–Trinajstić information content (AvgIpc) is 2.33. The Morgan fingerprint density at radius 1 is 1.32 bits per heavy atom. The largest absolute Gasteiger partial charge is 0.392 e. The molecule has 1 aliphatic heterocycles. The van der Waals surface area contributed by atoms with Crippen LogP contribution in [0.25, 0.3) is 0 Å². The third kappa shape index (κ3) is 2.38. The van der Waals surface area contributed by atoms with E-state index < -0.39 is 6.04 Å². The highest BCUT2D eigenvalue weighted by Crippen LogP contribution is 2.24. The SMILES string of the molecule is CC(C)C(C(N)=S)N1C(=O)Cc2ccccc2C1=O. The molecule has 2 amide bonds. The maximum atomic E-state index is 12.5. The Morgan fingerprint density at radius 3 is 2.53 bits per heavy atom. The van der Waals surface area contributed by atoms with E-state index >= 15 is 0 Å². The molecule has 0 radical (unpaired) electrons. The Kier molecular flexibility index (Phi) is 3.66. The van der Waals surface area contributed by atoms with Crippen LogP contribution in [0.5, 0.6) is 0 Å². The van der Waals surface area contributed by atoms with Gasteiger partial charge in [0.2, 0.25) is 5.91 Å². The average molecular weight is 276 g/mol. The molecule has 1 aromatic rings. The molecular formula is C14H16N2O2S. The Hall–Kier alpha value is -1.75. The molecule has 2 N–H and O–H groups in total. The summed E-state index contributed by atoms with van der Waals surface area (Å²) in [7, 11) is 0. The van der Waals surface area contributed by atoms with Gasteiger partial charge < -0.3 is 5.73 Å². The van der Waals surface area contributed by atoms with Gasteiger partial charge in [-0.25, -0.2) is 0 Å². The van der Waals surface area contributed by atoms with Crippen molar-refractivity contribution in [1.82, 2.24) is 4.90 Å². The van der Waals surface area contributed by atoms with Gasteiger partial charge in [-0.3, -0.25) is 14.5 Å². The standard InChI is InChI=1S/C14H16N2O2S/c1-8(2)12(13(15)19)16-11(17)7-9-5-3-4-6-10(9)14(16)18/h3-6,8,12H,7H2,1-2H3,(H2,15,19). The van der Waals surface area contributed by atoms with E-state index in [1.165, 1.54) is 4.90 Å². The first-order chi connectivity index (χ1) is 8.93. The van der Waals surface area contributed by atoms with Crippen molar-refractivity contribution in [2.75, 3.05) is 0 Å². The Balaban J connectivity index is 2.46. The van der Waals surface area contributed by atoms with Crippen molar-refractivity contribution in [2.45, 2.75) is 26.3 Å². The zero-order valence-electron chi connectivity index (χ0n) is 10.9. The fourth-order valence-electron chi connectivity index (χ4n) is 2.41. The van der Waals surface area contributed by atoms with Gasteiger partial charge in [0.25, 0.3) is 5.91 Å². The molecule has 1 unspecified atom stereocenters. The summed E-state index contributed by atoms with van der Waals surface area (Å²) in [6, 6.07) is 6.61. The van der Waals surface area contributed by atoms with E-state index in [-0.39, 0.29) is 29.1 Å². The number of carbonyl (C=O) groups excluding carboxylic acids is 2. The molecule has 5 heteroatoms. The smallest absolute Gasteiger partial charge is 0.261 e. The molecule has 0 bridgehead atoms. The van der Waals surface area contributed by atoms with E-state index in [1.54, 1.807) is 18.2 Å². The highest BCUT2D eigenvalue weighted by molar-refractivity contribution is 7.80. The van der Waals surface area contributed by atoms with Crippen LogP contribution in [0.1, 0.15) is 29.8 Å². The fraction of sp³-hybridized carbons (Fsp3) is 0.357. The molecule has 0 fully saturated rings. The minimum absolute atomic E-state index is 0.00402. The van der Waals surface area contributed by atoms with Crippen molar-refractivity contribution in [1.29, 1.82) is 0 Å². The lowest BCUT2D eigenvalue weighted by atomic mass is 9.94. The van der Waals surface area contributed by atoms with Crippen LogP contribution in [0, 0.1) is 5.92 Å². The summed E-state index contributed by atoms with van der Waals surface area (Å²) >= 11 is 5.01. The second kappa shape index (κ2) is 5.09. The van der Waals surface area contributed by atoms with E-state index in [9.17, 15) is 9.59 Å². The Bertz CT molecular complexity index is 554. The Labute approximate surface area is 117 Å². The highest BCUT2D eigenvalue weighted by atomic mass is 32.1. The molecule has 1 atom stereocenters. The van der Waals surface area contributed by atoms with Crippen molar-refractivity contribution in [3.63, 3.8) is 0 Å². The quantitative estimate of drug-likeness (QED) is 0.671. The van der Waals surface area contributed by atoms with Crippen molar-refractivity contribution < 1.29 is 9.59 Å². The van der Waals surface area contributed by atoms with Gasteiger partial charge in [-0.05, 0) is 17.5 Å². The van der Waals surface area contributed by atoms with Crippen molar-refractivity contribution in [2.24, 2.45) is 11.7 Å². The van der Waals surface area contributed by atoms with Crippen LogP contribution in [0.3, 0.4) is 0 Å². The van der Waals surface area contributed by atoms with Gasteiger partial charge in [-0.2, -0.15) is 0 Å². The first-order valence-electron chi connectivity index (χ1n) is 6.17. The molecule has 4 nitrogen and oxygen atoms in total. The lowest BCUT2D eigenvalue weighted by Crippen LogP contribution is -2.55. The molecule has 1 aromatic carbocycles. The maximum Gasteiger partial charge on any atom is 0.261 e. The number of carbonyl (C=O) groups is 2. The molecule has 100 valence electrons. The van der Waals surface area contributed by atoms with E-state index in [4.69, 9.17) is 18.0 Å². The number of amides is 2. The van der Waals surface area contributed by atoms with E-state index in [0.717, 1.165) is 5.56 Å². The maximum absolute atomic E-state index is 12.5. The molecule has 1 heterocycles. The molecule has 0 aromatic heterocycles. The topological polar surface area (TPSA) is 63.4 Å². The number of imide groups is 1. The van der Waals surface area contributed by atoms with Crippen molar-refractivity contribution in [3.05, 3.63) is 35.4 Å². The summed E-state index contributed by atoms with van der Waals surface area (Å²) in [5.41, 5.74) is 7.02. The highest BCUT2D eigenvalue weighted by Gasteiger charge is 2.38.